The van der Waals surface area contributed by atoms with Gasteiger partial charge in [-0.15, -0.1) is 0 Å². The van der Waals surface area contributed by atoms with Crippen molar-refractivity contribution in [2.75, 3.05) is 20.3 Å². The number of carbonyl (C=O) groups is 1. The van der Waals surface area contributed by atoms with Crippen molar-refractivity contribution < 1.29 is 32.2 Å². The van der Waals surface area contributed by atoms with E-state index in [1.807, 2.05) is 12.1 Å². The Morgan fingerprint density at radius 3 is 2.27 bits per heavy atom. The second kappa shape index (κ2) is 11.0. The standard InChI is InChI=1S/C28H28F4N2O3/c1-33-26(35)25(19-8-12-23(29)13-9-19)34-24(14-7-18-5-10-21(11-6-18)28(30,31)32)20-3-2-4-22(15-20)27(36)16-37-17-27/h2-6,8-13,15,24-25,34,36H,7,14,16-17H2,1H3,(H,33,35). The van der Waals surface area contributed by atoms with E-state index < -0.39 is 35.2 Å². The molecule has 1 fully saturated rings. The fourth-order valence-electron chi connectivity index (χ4n) is 4.35. The van der Waals surface area contributed by atoms with Gasteiger partial charge in [-0.1, -0.05) is 48.5 Å². The van der Waals surface area contributed by atoms with Crippen molar-refractivity contribution in [3.63, 3.8) is 0 Å². The Kier molecular flexibility index (Phi) is 7.96. The molecule has 1 saturated heterocycles. The number of halogens is 4. The molecule has 0 bridgehead atoms. The second-order valence-electron chi connectivity index (χ2n) is 9.20. The number of rotatable bonds is 9. The molecule has 0 radical (unpaired) electrons. The Hall–Kier alpha value is -3.27. The predicted octanol–water partition coefficient (Wildman–Crippen LogP) is 4.81. The van der Waals surface area contributed by atoms with Gasteiger partial charge in [0.1, 0.15) is 17.5 Å². The maximum Gasteiger partial charge on any atom is 0.416 e. The Morgan fingerprint density at radius 1 is 1.03 bits per heavy atom. The third-order valence-electron chi connectivity index (χ3n) is 6.59. The smallest absolute Gasteiger partial charge is 0.380 e. The average Bonchev–Trinajstić information content (AvgIpc) is 2.87. The maximum absolute atomic E-state index is 13.5. The van der Waals surface area contributed by atoms with Gasteiger partial charge in [-0.3, -0.25) is 10.1 Å². The first kappa shape index (κ1) is 26.8. The molecule has 9 heteroatoms. The summed E-state index contributed by atoms with van der Waals surface area (Å²) in [6, 6.07) is 16.7. The molecular formula is C28H28F4N2O3. The van der Waals surface area contributed by atoms with Crippen molar-refractivity contribution in [3.8, 4) is 0 Å². The maximum atomic E-state index is 13.5. The number of likely N-dealkylation sites (N-methyl/N-ethyl adjacent to an activating group) is 1. The lowest BCUT2D eigenvalue weighted by Crippen LogP contribution is -2.46. The Morgan fingerprint density at radius 2 is 1.70 bits per heavy atom. The zero-order valence-electron chi connectivity index (χ0n) is 20.2. The van der Waals surface area contributed by atoms with Crippen LogP contribution in [0.15, 0.2) is 72.8 Å². The van der Waals surface area contributed by atoms with Gasteiger partial charge >= 0.3 is 6.18 Å². The molecule has 3 aromatic rings. The molecule has 1 heterocycles. The van der Waals surface area contributed by atoms with Crippen LogP contribution in [-0.4, -0.2) is 31.3 Å². The SMILES string of the molecule is CNC(=O)C(NC(CCc1ccc(C(F)(F)F)cc1)c1cccc(C2(O)COC2)c1)c1ccc(F)cc1. The van der Waals surface area contributed by atoms with Crippen molar-refractivity contribution in [2.24, 2.45) is 0 Å². The van der Waals surface area contributed by atoms with Crippen molar-refractivity contribution in [1.29, 1.82) is 0 Å². The molecule has 5 nitrogen and oxygen atoms in total. The molecule has 0 spiro atoms. The van der Waals surface area contributed by atoms with Gasteiger partial charge in [-0.2, -0.15) is 13.2 Å². The monoisotopic (exact) mass is 516 g/mol. The van der Waals surface area contributed by atoms with E-state index in [9.17, 15) is 27.5 Å². The molecule has 37 heavy (non-hydrogen) atoms. The molecular weight excluding hydrogens is 488 g/mol. The summed E-state index contributed by atoms with van der Waals surface area (Å²) < 4.78 is 57.6. The molecule has 196 valence electrons. The van der Waals surface area contributed by atoms with E-state index in [2.05, 4.69) is 10.6 Å². The summed E-state index contributed by atoms with van der Waals surface area (Å²) in [5.74, 6) is -0.754. The first-order valence-corrected chi connectivity index (χ1v) is 11.9. The highest BCUT2D eigenvalue weighted by Crippen LogP contribution is 2.33. The van der Waals surface area contributed by atoms with E-state index in [4.69, 9.17) is 4.74 Å². The highest BCUT2D eigenvalue weighted by molar-refractivity contribution is 5.83. The summed E-state index contributed by atoms with van der Waals surface area (Å²) in [4.78, 5) is 12.8. The van der Waals surface area contributed by atoms with Gasteiger partial charge in [-0.05, 0) is 59.4 Å². The molecule has 3 N–H and O–H groups in total. The van der Waals surface area contributed by atoms with Crippen LogP contribution in [0, 0.1) is 5.82 Å². The Balaban J connectivity index is 1.63. The van der Waals surface area contributed by atoms with E-state index in [0.29, 0.717) is 29.5 Å². The average molecular weight is 517 g/mol. The normalized spacial score (nSPS) is 16.5. The summed E-state index contributed by atoms with van der Waals surface area (Å²) in [6.07, 6.45) is -3.54. The number of aryl methyl sites for hydroxylation is 1. The van der Waals surface area contributed by atoms with Crippen LogP contribution in [0.3, 0.4) is 0 Å². The van der Waals surface area contributed by atoms with Gasteiger partial charge in [0.2, 0.25) is 5.91 Å². The highest BCUT2D eigenvalue weighted by atomic mass is 19.4. The number of nitrogens with one attached hydrogen (secondary N) is 2. The lowest BCUT2D eigenvalue weighted by atomic mass is 9.88. The third kappa shape index (κ3) is 6.36. The minimum Gasteiger partial charge on any atom is -0.380 e. The van der Waals surface area contributed by atoms with Gasteiger partial charge in [0.15, 0.2) is 0 Å². The number of aliphatic hydroxyl groups is 1. The summed E-state index contributed by atoms with van der Waals surface area (Å²) in [7, 11) is 1.50. The first-order chi connectivity index (χ1) is 17.6. The summed E-state index contributed by atoms with van der Waals surface area (Å²) in [5, 5.41) is 16.7. The molecule has 3 aromatic carbocycles. The molecule has 2 unspecified atom stereocenters. The largest absolute Gasteiger partial charge is 0.416 e. The minimum atomic E-state index is -4.41. The number of carbonyl (C=O) groups excluding carboxylic acids is 1. The van der Waals surface area contributed by atoms with Crippen molar-refractivity contribution in [1.82, 2.24) is 10.6 Å². The number of ether oxygens (including phenoxy) is 1. The number of benzene rings is 3. The van der Waals surface area contributed by atoms with Gasteiger partial charge in [0.05, 0.1) is 18.8 Å². The molecule has 1 aliphatic heterocycles. The van der Waals surface area contributed by atoms with Crippen molar-refractivity contribution >= 4 is 5.91 Å². The zero-order valence-corrected chi connectivity index (χ0v) is 20.2. The van der Waals surface area contributed by atoms with Crippen molar-refractivity contribution in [2.45, 2.75) is 36.7 Å². The van der Waals surface area contributed by atoms with Crippen LogP contribution in [0.1, 0.15) is 46.3 Å². The van der Waals surface area contributed by atoms with E-state index in [-0.39, 0.29) is 19.1 Å². The van der Waals surface area contributed by atoms with Gasteiger partial charge in [0.25, 0.3) is 0 Å². The molecule has 0 aliphatic carbocycles. The first-order valence-electron chi connectivity index (χ1n) is 11.9. The number of hydrogen-bond acceptors (Lipinski definition) is 4. The van der Waals surface area contributed by atoms with Crippen LogP contribution in [0.5, 0.6) is 0 Å². The van der Waals surface area contributed by atoms with Crippen molar-refractivity contribution in [3.05, 3.63) is 106 Å². The van der Waals surface area contributed by atoms with E-state index in [1.165, 1.54) is 43.4 Å². The zero-order chi connectivity index (χ0) is 26.6. The number of alkyl halides is 3. The highest BCUT2D eigenvalue weighted by Gasteiger charge is 2.38. The molecule has 2 atom stereocenters. The Bertz CT molecular complexity index is 1210. The van der Waals surface area contributed by atoms with Crippen LogP contribution in [-0.2, 0) is 27.7 Å². The molecule has 0 aromatic heterocycles. The molecule has 4 rings (SSSR count). The van der Waals surface area contributed by atoms with E-state index in [0.717, 1.165) is 17.7 Å². The van der Waals surface area contributed by atoms with Gasteiger partial charge in [-0.25, -0.2) is 4.39 Å². The fourth-order valence-corrected chi connectivity index (χ4v) is 4.35. The third-order valence-corrected chi connectivity index (χ3v) is 6.59. The lowest BCUT2D eigenvalue weighted by molar-refractivity contribution is -0.184. The van der Waals surface area contributed by atoms with E-state index in [1.54, 1.807) is 12.1 Å². The van der Waals surface area contributed by atoms with Crippen LogP contribution in [0.2, 0.25) is 0 Å². The molecule has 0 saturated carbocycles. The number of amides is 1. The van der Waals surface area contributed by atoms with Gasteiger partial charge in [0, 0.05) is 13.1 Å². The molecule has 1 aliphatic rings. The van der Waals surface area contributed by atoms with Crippen LogP contribution >= 0.6 is 0 Å². The second-order valence-corrected chi connectivity index (χ2v) is 9.20. The summed E-state index contributed by atoms with van der Waals surface area (Å²) >= 11 is 0. The van der Waals surface area contributed by atoms with Crippen LogP contribution in [0.25, 0.3) is 0 Å². The van der Waals surface area contributed by atoms with Gasteiger partial charge < -0.3 is 15.2 Å². The lowest BCUT2D eigenvalue weighted by Gasteiger charge is -2.37. The van der Waals surface area contributed by atoms with E-state index >= 15 is 0 Å². The fraction of sp³-hybridized carbons (Fsp3) is 0.321. The van der Waals surface area contributed by atoms with Crippen LogP contribution in [0.4, 0.5) is 17.6 Å². The topological polar surface area (TPSA) is 70.6 Å². The molecule has 1 amide bonds. The Labute approximate surface area is 212 Å². The predicted molar refractivity (Wildman–Crippen MR) is 130 cm³/mol. The summed E-state index contributed by atoms with van der Waals surface area (Å²) in [6.45, 7) is 0.354. The minimum absolute atomic E-state index is 0.177. The quantitative estimate of drug-likeness (QED) is 0.357. The number of hydrogen-bond donors (Lipinski definition) is 3. The van der Waals surface area contributed by atoms with Crippen LogP contribution < -0.4 is 10.6 Å². The summed E-state index contributed by atoms with van der Waals surface area (Å²) in [5.41, 5.74) is 0.926.